The zero-order valence-electron chi connectivity index (χ0n) is 5.58. The second kappa shape index (κ2) is 2.98. The van der Waals surface area contributed by atoms with Crippen LogP contribution in [-0.2, 0) is 4.79 Å². The number of hydrogen-bond acceptors (Lipinski definition) is 3. The standard InChI is InChI=1S/C6H11NO3/c8-5-1-2-7-4(5)3-6(9)10/h4-5,7-8H,1-3H2,(H,9,10)/t4-,5-/m1/s1. The SMILES string of the molecule is O=C(O)C[C@H]1NCC[C@H]1O. The summed E-state index contributed by atoms with van der Waals surface area (Å²) in [6.45, 7) is 0.721. The molecule has 1 saturated heterocycles. The number of nitrogens with one attached hydrogen (secondary N) is 1. The lowest BCUT2D eigenvalue weighted by molar-refractivity contribution is -0.138. The molecule has 0 radical (unpaired) electrons. The van der Waals surface area contributed by atoms with Gasteiger partial charge in [-0.1, -0.05) is 0 Å². The number of carboxylic acids is 1. The quantitative estimate of drug-likeness (QED) is 0.475. The van der Waals surface area contributed by atoms with E-state index in [-0.39, 0.29) is 12.5 Å². The molecular weight excluding hydrogens is 134 g/mol. The average molecular weight is 145 g/mol. The van der Waals surface area contributed by atoms with Gasteiger partial charge in [0.05, 0.1) is 12.5 Å². The molecule has 0 aromatic heterocycles. The Kier molecular flexibility index (Phi) is 2.24. The summed E-state index contributed by atoms with van der Waals surface area (Å²) in [6, 6.07) is -0.238. The van der Waals surface area contributed by atoms with Gasteiger partial charge in [-0.2, -0.15) is 0 Å². The van der Waals surface area contributed by atoms with Crippen LogP contribution in [0.5, 0.6) is 0 Å². The van der Waals surface area contributed by atoms with Crippen LogP contribution < -0.4 is 5.32 Å². The van der Waals surface area contributed by atoms with Crippen LogP contribution in [0, 0.1) is 0 Å². The summed E-state index contributed by atoms with van der Waals surface area (Å²) >= 11 is 0. The van der Waals surface area contributed by atoms with Crippen LogP contribution in [0.2, 0.25) is 0 Å². The average Bonchev–Trinajstić information content (AvgIpc) is 2.15. The van der Waals surface area contributed by atoms with E-state index >= 15 is 0 Å². The van der Waals surface area contributed by atoms with Crippen LogP contribution in [0.15, 0.2) is 0 Å². The van der Waals surface area contributed by atoms with Crippen molar-refractivity contribution in [1.29, 1.82) is 0 Å². The molecule has 0 amide bonds. The molecule has 2 atom stereocenters. The highest BCUT2D eigenvalue weighted by atomic mass is 16.4. The van der Waals surface area contributed by atoms with E-state index in [1.54, 1.807) is 0 Å². The van der Waals surface area contributed by atoms with Gasteiger partial charge in [0.15, 0.2) is 0 Å². The summed E-state index contributed by atoms with van der Waals surface area (Å²) in [6.07, 6.45) is 0.204. The van der Waals surface area contributed by atoms with Gasteiger partial charge in [0, 0.05) is 6.04 Å². The molecule has 0 bridgehead atoms. The molecule has 1 aliphatic rings. The maximum Gasteiger partial charge on any atom is 0.305 e. The first-order chi connectivity index (χ1) is 4.70. The fourth-order valence-corrected chi connectivity index (χ4v) is 1.15. The summed E-state index contributed by atoms with van der Waals surface area (Å²) in [5.41, 5.74) is 0. The smallest absolute Gasteiger partial charge is 0.305 e. The lowest BCUT2D eigenvalue weighted by Gasteiger charge is -2.10. The van der Waals surface area contributed by atoms with Crippen LogP contribution in [0.3, 0.4) is 0 Å². The first-order valence-corrected chi connectivity index (χ1v) is 3.33. The summed E-state index contributed by atoms with van der Waals surface area (Å²) in [4.78, 5) is 10.1. The highest BCUT2D eigenvalue weighted by molar-refractivity contribution is 5.67. The molecule has 0 spiro atoms. The van der Waals surface area contributed by atoms with Gasteiger partial charge in [-0.05, 0) is 13.0 Å². The molecule has 58 valence electrons. The van der Waals surface area contributed by atoms with E-state index in [1.165, 1.54) is 0 Å². The van der Waals surface area contributed by atoms with Crippen molar-refractivity contribution >= 4 is 5.97 Å². The first-order valence-electron chi connectivity index (χ1n) is 3.33. The molecule has 0 unspecified atom stereocenters. The van der Waals surface area contributed by atoms with E-state index in [9.17, 15) is 4.79 Å². The van der Waals surface area contributed by atoms with Gasteiger partial charge in [0.2, 0.25) is 0 Å². The van der Waals surface area contributed by atoms with Gasteiger partial charge in [-0.25, -0.2) is 0 Å². The third kappa shape index (κ3) is 1.68. The second-order valence-corrected chi connectivity index (χ2v) is 2.51. The van der Waals surface area contributed by atoms with Gasteiger partial charge in [0.25, 0.3) is 0 Å². The van der Waals surface area contributed by atoms with Gasteiger partial charge in [-0.3, -0.25) is 4.79 Å². The number of carbonyl (C=O) groups is 1. The molecule has 0 aromatic carbocycles. The van der Waals surface area contributed by atoms with Gasteiger partial charge >= 0.3 is 5.97 Å². The van der Waals surface area contributed by atoms with Crippen LogP contribution in [-0.4, -0.2) is 34.9 Å². The van der Waals surface area contributed by atoms with E-state index in [4.69, 9.17) is 10.2 Å². The summed E-state index contributed by atoms with van der Waals surface area (Å²) in [5.74, 6) is -0.863. The van der Waals surface area contributed by atoms with Crippen LogP contribution in [0.4, 0.5) is 0 Å². The number of aliphatic hydroxyl groups excluding tert-OH is 1. The van der Waals surface area contributed by atoms with Gasteiger partial charge < -0.3 is 15.5 Å². The van der Waals surface area contributed by atoms with E-state index in [0.717, 1.165) is 6.54 Å². The predicted octanol–water partition coefficient (Wildman–Crippen LogP) is -0.816. The molecule has 4 heteroatoms. The fourth-order valence-electron chi connectivity index (χ4n) is 1.15. The summed E-state index contributed by atoms with van der Waals surface area (Å²) in [5, 5.41) is 20.4. The monoisotopic (exact) mass is 145 g/mol. The molecule has 0 saturated carbocycles. The summed E-state index contributed by atoms with van der Waals surface area (Å²) in [7, 11) is 0. The summed E-state index contributed by atoms with van der Waals surface area (Å²) < 4.78 is 0. The van der Waals surface area contributed by atoms with Gasteiger partial charge in [0.1, 0.15) is 0 Å². The topological polar surface area (TPSA) is 69.6 Å². The van der Waals surface area contributed by atoms with Crippen LogP contribution in [0.25, 0.3) is 0 Å². The number of aliphatic hydroxyl groups is 1. The Balaban J connectivity index is 2.33. The second-order valence-electron chi connectivity index (χ2n) is 2.51. The van der Waals surface area contributed by atoms with E-state index in [1.807, 2.05) is 0 Å². The lowest BCUT2D eigenvalue weighted by Crippen LogP contribution is -2.32. The Morgan fingerprint density at radius 3 is 2.80 bits per heavy atom. The third-order valence-electron chi connectivity index (χ3n) is 1.71. The Morgan fingerprint density at radius 1 is 1.70 bits per heavy atom. The molecule has 1 fully saturated rings. The zero-order chi connectivity index (χ0) is 7.56. The maximum atomic E-state index is 10.1. The molecule has 10 heavy (non-hydrogen) atoms. The molecule has 0 aliphatic carbocycles. The maximum absolute atomic E-state index is 10.1. The number of carboxylic acid groups (broad SMARTS) is 1. The molecule has 1 aliphatic heterocycles. The molecule has 1 heterocycles. The van der Waals surface area contributed by atoms with E-state index in [0.29, 0.717) is 6.42 Å². The molecular formula is C6H11NO3. The zero-order valence-corrected chi connectivity index (χ0v) is 5.58. The van der Waals surface area contributed by atoms with Crippen molar-refractivity contribution in [2.75, 3.05) is 6.54 Å². The number of hydrogen-bond donors (Lipinski definition) is 3. The lowest BCUT2D eigenvalue weighted by atomic mass is 10.1. The Morgan fingerprint density at radius 2 is 2.40 bits per heavy atom. The minimum absolute atomic E-state index is 0.0150. The number of rotatable bonds is 2. The fraction of sp³-hybridized carbons (Fsp3) is 0.833. The Bertz CT molecular complexity index is 137. The van der Waals surface area contributed by atoms with Crippen molar-refractivity contribution in [3.63, 3.8) is 0 Å². The van der Waals surface area contributed by atoms with Crippen LogP contribution >= 0.6 is 0 Å². The molecule has 0 aromatic rings. The molecule has 3 N–H and O–H groups in total. The van der Waals surface area contributed by atoms with E-state index in [2.05, 4.69) is 5.32 Å². The van der Waals surface area contributed by atoms with Gasteiger partial charge in [-0.15, -0.1) is 0 Å². The normalized spacial score (nSPS) is 32.5. The predicted molar refractivity (Wildman–Crippen MR) is 34.7 cm³/mol. The Hall–Kier alpha value is -0.610. The molecule has 4 nitrogen and oxygen atoms in total. The minimum atomic E-state index is -0.863. The molecule has 1 rings (SSSR count). The van der Waals surface area contributed by atoms with Crippen molar-refractivity contribution in [3.05, 3.63) is 0 Å². The third-order valence-corrected chi connectivity index (χ3v) is 1.71. The Labute approximate surface area is 58.9 Å². The first kappa shape index (κ1) is 7.50. The highest BCUT2D eigenvalue weighted by Crippen LogP contribution is 2.09. The highest BCUT2D eigenvalue weighted by Gasteiger charge is 2.26. The van der Waals surface area contributed by atoms with Crippen LogP contribution in [0.1, 0.15) is 12.8 Å². The van der Waals surface area contributed by atoms with Crippen molar-refractivity contribution in [2.45, 2.75) is 25.0 Å². The minimum Gasteiger partial charge on any atom is -0.481 e. The van der Waals surface area contributed by atoms with Crippen molar-refractivity contribution in [1.82, 2.24) is 5.32 Å². The van der Waals surface area contributed by atoms with E-state index < -0.39 is 12.1 Å². The van der Waals surface area contributed by atoms with Crippen molar-refractivity contribution in [2.24, 2.45) is 0 Å². The van der Waals surface area contributed by atoms with Crippen molar-refractivity contribution in [3.8, 4) is 0 Å². The number of aliphatic carboxylic acids is 1. The largest absolute Gasteiger partial charge is 0.481 e. The van der Waals surface area contributed by atoms with Crippen molar-refractivity contribution < 1.29 is 15.0 Å².